The van der Waals surface area contributed by atoms with Gasteiger partial charge in [-0.3, -0.25) is 4.79 Å². The van der Waals surface area contributed by atoms with Crippen LogP contribution in [-0.4, -0.2) is 80.1 Å². The summed E-state index contributed by atoms with van der Waals surface area (Å²) in [7, 11) is -7.90. The molecule has 4 rings (SSSR count). The normalized spacial score (nSPS) is 24.2. The summed E-state index contributed by atoms with van der Waals surface area (Å²) in [5.74, 6) is 0.316. The molecule has 0 aromatic carbocycles. The van der Waals surface area contributed by atoms with Gasteiger partial charge in [-0.1, -0.05) is 6.92 Å². The minimum absolute atomic E-state index is 0.0647. The van der Waals surface area contributed by atoms with E-state index in [0.29, 0.717) is 45.2 Å². The number of hydrogen-bond donors (Lipinski definition) is 0. The minimum atomic E-state index is -3.95. The molecule has 0 spiro atoms. The first-order valence-electron chi connectivity index (χ1n) is 11.2. The fourth-order valence-corrected chi connectivity index (χ4v) is 8.57. The van der Waals surface area contributed by atoms with Crippen molar-refractivity contribution in [1.29, 1.82) is 0 Å². The second-order valence-corrected chi connectivity index (χ2v) is 12.8. The molecule has 1 aromatic heterocycles. The van der Waals surface area contributed by atoms with Gasteiger partial charge in [-0.25, -0.2) is 16.8 Å². The van der Waals surface area contributed by atoms with Crippen LogP contribution in [0, 0.1) is 5.92 Å². The van der Waals surface area contributed by atoms with E-state index >= 15 is 0 Å². The van der Waals surface area contributed by atoms with Crippen LogP contribution in [0.15, 0.2) is 22.2 Å². The quantitative estimate of drug-likeness (QED) is 0.622. The molecule has 0 N–H and O–H groups in total. The summed E-state index contributed by atoms with van der Waals surface area (Å²) < 4.78 is 57.3. The first kappa shape index (κ1) is 22.8. The Morgan fingerprint density at radius 2 is 1.32 bits per heavy atom. The second-order valence-electron chi connectivity index (χ2n) is 8.97. The van der Waals surface area contributed by atoms with Crippen molar-refractivity contribution < 1.29 is 21.6 Å². The van der Waals surface area contributed by atoms with Crippen LogP contribution in [0.4, 0.5) is 0 Å². The molecule has 1 amide bonds. The molecule has 3 fully saturated rings. The Labute approximate surface area is 185 Å². The zero-order chi connectivity index (χ0) is 22.2. The van der Waals surface area contributed by atoms with E-state index in [2.05, 4.69) is 6.92 Å². The van der Waals surface area contributed by atoms with E-state index in [9.17, 15) is 21.6 Å². The highest BCUT2D eigenvalue weighted by molar-refractivity contribution is 7.92. The van der Waals surface area contributed by atoms with Crippen molar-refractivity contribution in [3.05, 3.63) is 12.4 Å². The Balaban J connectivity index is 1.67. The summed E-state index contributed by atoms with van der Waals surface area (Å²) in [6.07, 6.45) is 7.76. The van der Waals surface area contributed by atoms with Crippen molar-refractivity contribution in [1.82, 2.24) is 18.1 Å². The van der Waals surface area contributed by atoms with E-state index in [1.807, 2.05) is 0 Å². The van der Waals surface area contributed by atoms with Gasteiger partial charge in [-0.05, 0) is 44.4 Å². The van der Waals surface area contributed by atoms with E-state index in [1.165, 1.54) is 25.6 Å². The van der Waals surface area contributed by atoms with Crippen LogP contribution in [0.2, 0.25) is 0 Å². The van der Waals surface area contributed by atoms with Crippen LogP contribution in [0.5, 0.6) is 0 Å². The standard InChI is InChI=1S/C20H32N4O5S2/c1-17-7-6-8-22(13-17)20(25)16-21-14-18(30(26,27)23-9-2-3-10-23)19(15-21)31(28,29)24-11-4-5-12-24/h14-15,17H,2-13,16H2,1H3/t17-/m1/s1. The number of likely N-dealkylation sites (tertiary alicyclic amines) is 1. The van der Waals surface area contributed by atoms with Crippen molar-refractivity contribution >= 4 is 26.0 Å². The van der Waals surface area contributed by atoms with Gasteiger partial charge in [0.2, 0.25) is 26.0 Å². The van der Waals surface area contributed by atoms with E-state index in [-0.39, 0.29) is 22.2 Å². The van der Waals surface area contributed by atoms with Crippen molar-refractivity contribution in [2.75, 3.05) is 39.3 Å². The second kappa shape index (κ2) is 8.84. The Bertz CT molecular complexity index is 958. The van der Waals surface area contributed by atoms with Crippen LogP contribution in [0.1, 0.15) is 45.4 Å². The molecule has 0 unspecified atom stereocenters. The maximum absolute atomic E-state index is 13.3. The van der Waals surface area contributed by atoms with Crippen LogP contribution < -0.4 is 0 Å². The average molecular weight is 473 g/mol. The molecule has 0 bridgehead atoms. The number of carbonyl (C=O) groups excluding carboxylic acids is 1. The zero-order valence-electron chi connectivity index (χ0n) is 18.1. The molecular weight excluding hydrogens is 440 g/mol. The highest BCUT2D eigenvalue weighted by Gasteiger charge is 2.38. The SMILES string of the molecule is C[C@@H]1CCCN(C(=O)Cn2cc(S(=O)(=O)N3CCCC3)c(S(=O)(=O)N3CCCC3)c2)C1. The number of rotatable bonds is 6. The number of aromatic nitrogens is 1. The third-order valence-electron chi connectivity index (χ3n) is 6.50. The third-order valence-corrected chi connectivity index (χ3v) is 10.5. The molecular formula is C20H32N4O5S2. The number of nitrogens with zero attached hydrogens (tertiary/aromatic N) is 4. The van der Waals surface area contributed by atoms with E-state index < -0.39 is 20.0 Å². The van der Waals surface area contributed by atoms with Gasteiger partial charge in [0.1, 0.15) is 16.3 Å². The summed E-state index contributed by atoms with van der Waals surface area (Å²) in [5, 5.41) is 0. The zero-order valence-corrected chi connectivity index (χ0v) is 19.7. The van der Waals surface area contributed by atoms with Crippen LogP contribution in [0.3, 0.4) is 0 Å². The van der Waals surface area contributed by atoms with Crippen molar-refractivity contribution in [3.8, 4) is 0 Å². The molecule has 11 heteroatoms. The summed E-state index contributed by atoms with van der Waals surface area (Å²) in [6.45, 7) is 4.97. The first-order chi connectivity index (χ1) is 14.7. The fraction of sp³-hybridized carbons (Fsp3) is 0.750. The smallest absolute Gasteiger partial charge is 0.245 e. The molecule has 0 aliphatic carbocycles. The van der Waals surface area contributed by atoms with Gasteiger partial charge in [-0.2, -0.15) is 8.61 Å². The lowest BCUT2D eigenvalue weighted by molar-refractivity contribution is -0.133. The summed E-state index contributed by atoms with van der Waals surface area (Å²) in [6, 6.07) is 0. The van der Waals surface area contributed by atoms with Crippen molar-refractivity contribution in [2.24, 2.45) is 5.92 Å². The van der Waals surface area contributed by atoms with Gasteiger partial charge >= 0.3 is 0 Å². The third kappa shape index (κ3) is 4.55. The molecule has 1 atom stereocenters. The molecule has 3 aliphatic rings. The van der Waals surface area contributed by atoms with E-state index in [4.69, 9.17) is 0 Å². The van der Waals surface area contributed by atoms with Gasteiger partial charge in [0, 0.05) is 51.7 Å². The summed E-state index contributed by atoms with van der Waals surface area (Å²) >= 11 is 0. The molecule has 1 aromatic rings. The van der Waals surface area contributed by atoms with Crippen molar-refractivity contribution in [2.45, 2.75) is 61.8 Å². The van der Waals surface area contributed by atoms with Gasteiger partial charge in [0.05, 0.1) is 0 Å². The van der Waals surface area contributed by atoms with Gasteiger partial charge in [0.25, 0.3) is 0 Å². The average Bonchev–Trinajstić information content (AvgIpc) is 3.49. The molecule has 174 valence electrons. The number of amides is 1. The largest absolute Gasteiger partial charge is 0.342 e. The molecule has 0 radical (unpaired) electrons. The lowest BCUT2D eigenvalue weighted by Gasteiger charge is -2.31. The monoisotopic (exact) mass is 472 g/mol. The van der Waals surface area contributed by atoms with Crippen LogP contribution >= 0.6 is 0 Å². The highest BCUT2D eigenvalue weighted by atomic mass is 32.2. The van der Waals surface area contributed by atoms with Gasteiger partial charge in [0.15, 0.2) is 0 Å². The molecule has 9 nitrogen and oxygen atoms in total. The Morgan fingerprint density at radius 3 is 1.77 bits per heavy atom. The predicted molar refractivity (Wildman–Crippen MR) is 115 cm³/mol. The molecule has 3 saturated heterocycles. The summed E-state index contributed by atoms with van der Waals surface area (Å²) in [4.78, 5) is 14.2. The number of hydrogen-bond acceptors (Lipinski definition) is 5. The lowest BCUT2D eigenvalue weighted by Crippen LogP contribution is -2.40. The van der Waals surface area contributed by atoms with Gasteiger partial charge < -0.3 is 9.47 Å². The highest BCUT2D eigenvalue weighted by Crippen LogP contribution is 2.31. The van der Waals surface area contributed by atoms with Crippen LogP contribution in [-0.2, 0) is 31.4 Å². The number of piperidine rings is 1. The Morgan fingerprint density at radius 1 is 0.839 bits per heavy atom. The predicted octanol–water partition coefficient (Wildman–Crippen LogP) is 1.32. The Kier molecular flexibility index (Phi) is 6.49. The van der Waals surface area contributed by atoms with E-state index in [0.717, 1.165) is 38.5 Å². The number of sulfonamides is 2. The first-order valence-corrected chi connectivity index (χ1v) is 14.1. The lowest BCUT2D eigenvalue weighted by atomic mass is 10.0. The molecule has 0 saturated carbocycles. The fourth-order valence-electron chi connectivity index (χ4n) is 4.75. The topological polar surface area (TPSA) is 100 Å². The molecule has 4 heterocycles. The Hall–Kier alpha value is -1.43. The summed E-state index contributed by atoms with van der Waals surface area (Å²) in [5.41, 5.74) is 0. The molecule has 3 aliphatic heterocycles. The van der Waals surface area contributed by atoms with Crippen molar-refractivity contribution in [3.63, 3.8) is 0 Å². The number of carbonyl (C=O) groups is 1. The molecule has 31 heavy (non-hydrogen) atoms. The maximum Gasteiger partial charge on any atom is 0.245 e. The minimum Gasteiger partial charge on any atom is -0.342 e. The van der Waals surface area contributed by atoms with Crippen LogP contribution in [0.25, 0.3) is 0 Å². The van der Waals surface area contributed by atoms with Gasteiger partial charge in [-0.15, -0.1) is 0 Å². The maximum atomic E-state index is 13.3. The van der Waals surface area contributed by atoms with E-state index in [1.54, 1.807) is 4.90 Å².